The summed E-state index contributed by atoms with van der Waals surface area (Å²) in [7, 11) is 0. The molecule has 0 aliphatic carbocycles. The minimum Gasteiger partial charge on any atom is -0.312 e. The van der Waals surface area contributed by atoms with Crippen molar-refractivity contribution in [3.8, 4) is 9.88 Å². The molecule has 0 aromatic carbocycles. The fourth-order valence-electron chi connectivity index (χ4n) is 1.70. The summed E-state index contributed by atoms with van der Waals surface area (Å²) < 4.78 is 0. The van der Waals surface area contributed by atoms with Crippen LogP contribution in [0.1, 0.15) is 30.8 Å². The van der Waals surface area contributed by atoms with Gasteiger partial charge in [-0.2, -0.15) is 0 Å². The summed E-state index contributed by atoms with van der Waals surface area (Å²) in [5.74, 6) is 0. The van der Waals surface area contributed by atoms with Gasteiger partial charge in [0.1, 0.15) is 5.01 Å². The zero-order valence-corrected chi connectivity index (χ0v) is 12.0. The summed E-state index contributed by atoms with van der Waals surface area (Å²) in [5, 5.41) is 6.68. The van der Waals surface area contributed by atoms with Crippen LogP contribution < -0.4 is 5.32 Å². The van der Waals surface area contributed by atoms with E-state index in [1.165, 1.54) is 20.5 Å². The van der Waals surface area contributed by atoms with Gasteiger partial charge in [-0.3, -0.25) is 0 Å². The lowest BCUT2D eigenvalue weighted by Crippen LogP contribution is -2.11. The number of hydrogen-bond acceptors (Lipinski definition) is 4. The molecule has 0 amide bonds. The molecule has 0 fully saturated rings. The Bertz CT molecular complexity index is 446. The maximum absolute atomic E-state index is 4.78. The first kappa shape index (κ1) is 12.7. The average Bonchev–Trinajstić information content (AvgIpc) is 2.95. The first-order chi connectivity index (χ1) is 8.35. The largest absolute Gasteiger partial charge is 0.312 e. The van der Waals surface area contributed by atoms with E-state index in [0.29, 0.717) is 0 Å². The maximum Gasteiger partial charge on any atom is 0.133 e. The van der Waals surface area contributed by atoms with Gasteiger partial charge in [-0.1, -0.05) is 26.3 Å². The normalized spacial score (nSPS) is 10.9. The van der Waals surface area contributed by atoms with Crippen molar-refractivity contribution in [3.05, 3.63) is 28.1 Å². The number of nitrogens with one attached hydrogen (secondary N) is 1. The topological polar surface area (TPSA) is 24.9 Å². The molecule has 0 bridgehead atoms. The number of thiazole rings is 1. The van der Waals surface area contributed by atoms with E-state index in [1.54, 1.807) is 11.3 Å². The SMILES string of the molecule is CCCc1nc(-c2cccs2)sc1CNCC. The lowest BCUT2D eigenvalue weighted by Gasteiger charge is -2.00. The van der Waals surface area contributed by atoms with Crippen molar-refractivity contribution in [3.63, 3.8) is 0 Å². The molecule has 0 aliphatic rings. The van der Waals surface area contributed by atoms with E-state index in [2.05, 4.69) is 36.7 Å². The lowest BCUT2D eigenvalue weighted by atomic mass is 10.2. The fraction of sp³-hybridized carbons (Fsp3) is 0.462. The Morgan fingerprint density at radius 3 is 2.88 bits per heavy atom. The van der Waals surface area contributed by atoms with Crippen LogP contribution in [0.3, 0.4) is 0 Å². The first-order valence-corrected chi connectivity index (χ1v) is 7.78. The van der Waals surface area contributed by atoms with E-state index < -0.39 is 0 Å². The Hall–Kier alpha value is -0.710. The van der Waals surface area contributed by atoms with Gasteiger partial charge in [0.05, 0.1) is 10.6 Å². The molecule has 0 saturated heterocycles. The highest BCUT2D eigenvalue weighted by Crippen LogP contribution is 2.31. The quantitative estimate of drug-likeness (QED) is 0.857. The van der Waals surface area contributed by atoms with Gasteiger partial charge in [0.15, 0.2) is 0 Å². The molecule has 4 heteroatoms. The highest BCUT2D eigenvalue weighted by Gasteiger charge is 2.11. The van der Waals surface area contributed by atoms with E-state index in [1.807, 2.05) is 11.3 Å². The van der Waals surface area contributed by atoms with Crippen molar-refractivity contribution in [2.75, 3.05) is 6.54 Å². The Morgan fingerprint density at radius 1 is 1.35 bits per heavy atom. The third-order valence-electron chi connectivity index (χ3n) is 2.53. The van der Waals surface area contributed by atoms with Crippen LogP contribution in [0, 0.1) is 0 Å². The predicted molar refractivity (Wildman–Crippen MR) is 76.8 cm³/mol. The Morgan fingerprint density at radius 2 is 2.24 bits per heavy atom. The third kappa shape index (κ3) is 3.15. The van der Waals surface area contributed by atoms with Crippen molar-refractivity contribution in [1.82, 2.24) is 10.3 Å². The van der Waals surface area contributed by atoms with Crippen LogP contribution >= 0.6 is 22.7 Å². The molecule has 0 saturated carbocycles. The Kier molecular flexibility index (Phi) is 4.71. The molecule has 0 unspecified atom stereocenters. The molecule has 92 valence electrons. The van der Waals surface area contributed by atoms with E-state index in [9.17, 15) is 0 Å². The molecule has 2 heterocycles. The summed E-state index contributed by atoms with van der Waals surface area (Å²) in [6.45, 7) is 6.31. The van der Waals surface area contributed by atoms with Crippen LogP contribution in [0.25, 0.3) is 9.88 Å². The Labute approximate surface area is 111 Å². The van der Waals surface area contributed by atoms with Crippen molar-refractivity contribution >= 4 is 22.7 Å². The summed E-state index contributed by atoms with van der Waals surface area (Å²) in [6, 6.07) is 4.24. The number of aryl methyl sites for hydroxylation is 1. The van der Waals surface area contributed by atoms with Crippen molar-refractivity contribution in [2.45, 2.75) is 33.2 Å². The molecule has 2 nitrogen and oxygen atoms in total. The van der Waals surface area contributed by atoms with Crippen molar-refractivity contribution in [2.24, 2.45) is 0 Å². The predicted octanol–water partition coefficient (Wildman–Crippen LogP) is 3.93. The molecule has 1 N–H and O–H groups in total. The second kappa shape index (κ2) is 6.28. The van der Waals surface area contributed by atoms with Crippen LogP contribution in [-0.2, 0) is 13.0 Å². The Balaban J connectivity index is 2.24. The number of rotatable bonds is 6. The van der Waals surface area contributed by atoms with E-state index in [-0.39, 0.29) is 0 Å². The molecule has 0 radical (unpaired) electrons. The van der Waals surface area contributed by atoms with Crippen LogP contribution in [0.4, 0.5) is 0 Å². The van der Waals surface area contributed by atoms with Crippen molar-refractivity contribution < 1.29 is 0 Å². The summed E-state index contributed by atoms with van der Waals surface area (Å²) in [4.78, 5) is 7.47. The fourth-order valence-corrected chi connectivity index (χ4v) is 3.57. The summed E-state index contributed by atoms with van der Waals surface area (Å²) in [6.07, 6.45) is 2.25. The first-order valence-electron chi connectivity index (χ1n) is 6.08. The molecule has 2 rings (SSSR count). The van der Waals surface area contributed by atoms with Gasteiger partial charge in [0.25, 0.3) is 0 Å². The second-order valence-electron chi connectivity index (χ2n) is 3.90. The lowest BCUT2D eigenvalue weighted by molar-refractivity contribution is 0.723. The van der Waals surface area contributed by atoms with Gasteiger partial charge in [0.2, 0.25) is 0 Å². The summed E-state index contributed by atoms with van der Waals surface area (Å²) >= 11 is 3.60. The molecule has 17 heavy (non-hydrogen) atoms. The molecular formula is C13H18N2S2. The minimum atomic E-state index is 0.953. The van der Waals surface area contributed by atoms with E-state index >= 15 is 0 Å². The number of nitrogens with zero attached hydrogens (tertiary/aromatic N) is 1. The number of aromatic nitrogens is 1. The smallest absolute Gasteiger partial charge is 0.133 e. The maximum atomic E-state index is 4.78. The minimum absolute atomic E-state index is 0.953. The monoisotopic (exact) mass is 266 g/mol. The van der Waals surface area contributed by atoms with Gasteiger partial charge in [-0.25, -0.2) is 4.98 Å². The molecule has 0 atom stereocenters. The van der Waals surface area contributed by atoms with Crippen LogP contribution in [0.15, 0.2) is 17.5 Å². The third-order valence-corrected chi connectivity index (χ3v) is 4.67. The van der Waals surface area contributed by atoms with Crippen LogP contribution in [0.5, 0.6) is 0 Å². The van der Waals surface area contributed by atoms with Gasteiger partial charge in [-0.15, -0.1) is 22.7 Å². The molecule has 0 aliphatic heterocycles. The standard InChI is InChI=1S/C13H18N2S2/c1-3-6-10-12(9-14-4-2)17-13(15-10)11-7-5-8-16-11/h5,7-8,14H,3-4,6,9H2,1-2H3. The molecule has 2 aromatic heterocycles. The average molecular weight is 266 g/mol. The highest BCUT2D eigenvalue weighted by atomic mass is 32.1. The zero-order chi connectivity index (χ0) is 12.1. The van der Waals surface area contributed by atoms with Gasteiger partial charge in [-0.05, 0) is 24.4 Å². The van der Waals surface area contributed by atoms with Crippen LogP contribution in [0.2, 0.25) is 0 Å². The van der Waals surface area contributed by atoms with Crippen LogP contribution in [-0.4, -0.2) is 11.5 Å². The van der Waals surface area contributed by atoms with Crippen molar-refractivity contribution in [1.29, 1.82) is 0 Å². The number of hydrogen-bond donors (Lipinski definition) is 1. The summed E-state index contributed by atoms with van der Waals surface area (Å²) in [5.41, 5.74) is 1.28. The second-order valence-corrected chi connectivity index (χ2v) is 5.93. The zero-order valence-electron chi connectivity index (χ0n) is 10.3. The number of thiophene rings is 1. The molecular weight excluding hydrogens is 248 g/mol. The van der Waals surface area contributed by atoms with E-state index in [4.69, 9.17) is 4.98 Å². The van der Waals surface area contributed by atoms with Gasteiger partial charge < -0.3 is 5.32 Å². The molecule has 2 aromatic rings. The van der Waals surface area contributed by atoms with Gasteiger partial charge >= 0.3 is 0 Å². The van der Waals surface area contributed by atoms with Gasteiger partial charge in [0, 0.05) is 11.4 Å². The van der Waals surface area contributed by atoms with E-state index in [0.717, 1.165) is 25.9 Å². The molecule has 0 spiro atoms. The highest BCUT2D eigenvalue weighted by molar-refractivity contribution is 7.21.